The lowest BCUT2D eigenvalue weighted by Crippen LogP contribution is -2.28. The van der Waals surface area contributed by atoms with Gasteiger partial charge in [-0.1, -0.05) is 11.6 Å². The largest absolute Gasteiger partial charge is 0.368 e. The number of halogens is 1. The van der Waals surface area contributed by atoms with Crippen molar-refractivity contribution in [1.82, 2.24) is 10.3 Å². The van der Waals surface area contributed by atoms with Crippen molar-refractivity contribution in [3.05, 3.63) is 45.2 Å². The molecule has 0 aliphatic carbocycles. The summed E-state index contributed by atoms with van der Waals surface area (Å²) in [6, 6.07) is 8.79. The molecule has 7 heteroatoms. The fourth-order valence-electron chi connectivity index (χ4n) is 1.45. The SMILES string of the molecule is N#Cc1ccc(NCCNC(=O)c2ccc(Cl)s2)nc1. The Bertz CT molecular complexity index is 633. The third-order valence-electron chi connectivity index (χ3n) is 2.41. The van der Waals surface area contributed by atoms with Crippen molar-refractivity contribution in [3.63, 3.8) is 0 Å². The van der Waals surface area contributed by atoms with E-state index in [9.17, 15) is 4.79 Å². The van der Waals surface area contributed by atoms with E-state index in [1.807, 2.05) is 6.07 Å². The second-order valence-electron chi connectivity index (χ2n) is 3.83. The number of nitrogens with zero attached hydrogens (tertiary/aromatic N) is 2. The monoisotopic (exact) mass is 306 g/mol. The molecule has 0 saturated heterocycles. The Balaban J connectivity index is 1.73. The molecule has 0 atom stereocenters. The van der Waals surface area contributed by atoms with Crippen LogP contribution in [0.2, 0.25) is 4.34 Å². The van der Waals surface area contributed by atoms with Crippen molar-refractivity contribution < 1.29 is 4.79 Å². The Kier molecular flexibility index (Phi) is 4.93. The molecular weight excluding hydrogens is 296 g/mol. The molecule has 0 unspecified atom stereocenters. The standard InChI is InChI=1S/C13H11ClN4OS/c14-11-3-2-10(20-11)13(19)17-6-5-16-12-4-1-9(7-15)8-18-12/h1-4,8H,5-6H2,(H,16,18)(H,17,19). The van der Waals surface area contributed by atoms with Gasteiger partial charge in [-0.2, -0.15) is 5.26 Å². The number of carbonyl (C=O) groups is 1. The summed E-state index contributed by atoms with van der Waals surface area (Å²) in [5, 5.41) is 14.5. The summed E-state index contributed by atoms with van der Waals surface area (Å²) in [6.45, 7) is 1.01. The third-order valence-corrected chi connectivity index (χ3v) is 3.64. The van der Waals surface area contributed by atoms with Crippen LogP contribution in [0.15, 0.2) is 30.5 Å². The summed E-state index contributed by atoms with van der Waals surface area (Å²) < 4.78 is 0.593. The van der Waals surface area contributed by atoms with Gasteiger partial charge in [-0.25, -0.2) is 4.98 Å². The number of pyridine rings is 1. The smallest absolute Gasteiger partial charge is 0.261 e. The molecule has 5 nitrogen and oxygen atoms in total. The highest BCUT2D eigenvalue weighted by atomic mass is 35.5. The average Bonchev–Trinajstić information content (AvgIpc) is 2.91. The van der Waals surface area contributed by atoms with Gasteiger partial charge in [-0.05, 0) is 24.3 Å². The Morgan fingerprint density at radius 2 is 2.20 bits per heavy atom. The van der Waals surface area contributed by atoms with Crippen LogP contribution in [-0.2, 0) is 0 Å². The lowest BCUT2D eigenvalue weighted by Gasteiger charge is -2.06. The van der Waals surface area contributed by atoms with Crippen LogP contribution in [0.25, 0.3) is 0 Å². The molecule has 0 radical (unpaired) electrons. The van der Waals surface area contributed by atoms with Gasteiger partial charge in [0.25, 0.3) is 5.91 Å². The first-order valence-corrected chi connectivity index (χ1v) is 7.02. The highest BCUT2D eigenvalue weighted by molar-refractivity contribution is 7.17. The van der Waals surface area contributed by atoms with Gasteiger partial charge < -0.3 is 10.6 Å². The van der Waals surface area contributed by atoms with E-state index in [1.54, 1.807) is 24.3 Å². The molecular formula is C13H11ClN4OS. The summed E-state index contributed by atoms with van der Waals surface area (Å²) in [4.78, 5) is 16.4. The van der Waals surface area contributed by atoms with E-state index in [4.69, 9.17) is 16.9 Å². The van der Waals surface area contributed by atoms with Crippen LogP contribution in [0.3, 0.4) is 0 Å². The summed E-state index contributed by atoms with van der Waals surface area (Å²) >= 11 is 7.01. The zero-order chi connectivity index (χ0) is 14.4. The van der Waals surface area contributed by atoms with Gasteiger partial charge in [0.2, 0.25) is 0 Å². The van der Waals surface area contributed by atoms with Crippen LogP contribution in [0, 0.1) is 11.3 Å². The summed E-state index contributed by atoms with van der Waals surface area (Å²) in [5.41, 5.74) is 0.512. The van der Waals surface area contributed by atoms with Gasteiger partial charge >= 0.3 is 0 Å². The number of carbonyl (C=O) groups excluding carboxylic acids is 1. The fraction of sp³-hybridized carbons (Fsp3) is 0.154. The molecule has 0 bridgehead atoms. The lowest BCUT2D eigenvalue weighted by atomic mass is 10.3. The van der Waals surface area contributed by atoms with E-state index < -0.39 is 0 Å². The molecule has 0 spiro atoms. The second kappa shape index (κ2) is 6.89. The lowest BCUT2D eigenvalue weighted by molar-refractivity contribution is 0.0959. The molecule has 2 N–H and O–H groups in total. The van der Waals surface area contributed by atoms with Gasteiger partial charge in [0.05, 0.1) is 14.8 Å². The number of nitriles is 1. The van der Waals surface area contributed by atoms with Gasteiger partial charge in [-0.15, -0.1) is 11.3 Å². The predicted molar refractivity (Wildman–Crippen MR) is 79.1 cm³/mol. The van der Waals surface area contributed by atoms with Gasteiger partial charge in [-0.3, -0.25) is 4.79 Å². The molecule has 0 aliphatic rings. The summed E-state index contributed by atoms with van der Waals surface area (Å²) in [5.74, 6) is 0.522. The quantitative estimate of drug-likeness (QED) is 0.832. The van der Waals surface area contributed by atoms with Crippen LogP contribution in [0.1, 0.15) is 15.2 Å². The molecule has 2 aromatic rings. The number of amides is 1. The van der Waals surface area contributed by atoms with E-state index in [0.717, 1.165) is 0 Å². The highest BCUT2D eigenvalue weighted by Crippen LogP contribution is 2.20. The van der Waals surface area contributed by atoms with E-state index in [-0.39, 0.29) is 5.91 Å². The molecule has 0 saturated carbocycles. The van der Waals surface area contributed by atoms with Crippen LogP contribution in [0.4, 0.5) is 5.82 Å². The van der Waals surface area contributed by atoms with Crippen LogP contribution in [0.5, 0.6) is 0 Å². The first-order chi connectivity index (χ1) is 9.69. The van der Waals surface area contributed by atoms with Crippen molar-refractivity contribution in [2.45, 2.75) is 0 Å². The first kappa shape index (κ1) is 14.3. The summed E-state index contributed by atoms with van der Waals surface area (Å²) in [6.07, 6.45) is 1.49. The Morgan fingerprint density at radius 3 is 2.80 bits per heavy atom. The molecule has 0 aromatic carbocycles. The Hall–Kier alpha value is -2.10. The van der Waals surface area contributed by atoms with Crippen LogP contribution >= 0.6 is 22.9 Å². The maximum atomic E-state index is 11.7. The van der Waals surface area contributed by atoms with Crippen LogP contribution < -0.4 is 10.6 Å². The first-order valence-electron chi connectivity index (χ1n) is 5.82. The topological polar surface area (TPSA) is 77.8 Å². The minimum absolute atomic E-state index is 0.142. The number of nitrogens with one attached hydrogen (secondary N) is 2. The predicted octanol–water partition coefficient (Wildman–Crippen LogP) is 2.51. The van der Waals surface area contributed by atoms with E-state index >= 15 is 0 Å². The zero-order valence-electron chi connectivity index (χ0n) is 10.4. The number of rotatable bonds is 5. The molecule has 102 valence electrons. The Labute approximate surface area is 125 Å². The molecule has 2 aromatic heterocycles. The van der Waals surface area contributed by atoms with Gasteiger partial charge in [0.1, 0.15) is 11.9 Å². The van der Waals surface area contributed by atoms with Crippen molar-refractivity contribution in [3.8, 4) is 6.07 Å². The molecule has 2 heterocycles. The van der Waals surface area contributed by atoms with Crippen molar-refractivity contribution in [2.24, 2.45) is 0 Å². The highest BCUT2D eigenvalue weighted by Gasteiger charge is 2.07. The van der Waals surface area contributed by atoms with Crippen molar-refractivity contribution in [1.29, 1.82) is 5.26 Å². The van der Waals surface area contributed by atoms with Crippen molar-refractivity contribution >= 4 is 34.7 Å². The van der Waals surface area contributed by atoms with Gasteiger partial charge in [0.15, 0.2) is 0 Å². The van der Waals surface area contributed by atoms with E-state index in [2.05, 4.69) is 15.6 Å². The normalized spacial score (nSPS) is 9.80. The Morgan fingerprint density at radius 1 is 1.35 bits per heavy atom. The van der Waals surface area contributed by atoms with Crippen molar-refractivity contribution in [2.75, 3.05) is 18.4 Å². The third kappa shape index (κ3) is 3.95. The molecule has 1 amide bonds. The number of thiophene rings is 1. The summed E-state index contributed by atoms with van der Waals surface area (Å²) in [7, 11) is 0. The van der Waals surface area contributed by atoms with E-state index in [1.165, 1.54) is 17.5 Å². The van der Waals surface area contributed by atoms with Gasteiger partial charge in [0, 0.05) is 19.3 Å². The average molecular weight is 307 g/mol. The molecule has 0 fully saturated rings. The van der Waals surface area contributed by atoms with Crippen LogP contribution in [-0.4, -0.2) is 24.0 Å². The maximum Gasteiger partial charge on any atom is 0.261 e. The fourth-order valence-corrected chi connectivity index (χ4v) is 2.41. The minimum atomic E-state index is -0.142. The number of hydrogen-bond acceptors (Lipinski definition) is 5. The number of aromatic nitrogens is 1. The number of hydrogen-bond donors (Lipinski definition) is 2. The maximum absolute atomic E-state index is 11.7. The molecule has 2 rings (SSSR count). The number of anilines is 1. The second-order valence-corrected chi connectivity index (χ2v) is 5.55. The molecule has 0 aliphatic heterocycles. The zero-order valence-corrected chi connectivity index (χ0v) is 12.0. The minimum Gasteiger partial charge on any atom is -0.368 e. The van der Waals surface area contributed by atoms with E-state index in [0.29, 0.717) is 33.7 Å². The molecule has 20 heavy (non-hydrogen) atoms.